The molecule has 0 heterocycles. The summed E-state index contributed by atoms with van der Waals surface area (Å²) < 4.78 is 0.864. The van der Waals surface area contributed by atoms with Crippen molar-refractivity contribution in [2.75, 3.05) is 27.2 Å². The third-order valence-electron chi connectivity index (χ3n) is 2.62. The van der Waals surface area contributed by atoms with Crippen molar-refractivity contribution in [1.82, 2.24) is 10.2 Å². The minimum Gasteiger partial charge on any atom is -0.342 e. The lowest BCUT2D eigenvalue weighted by molar-refractivity contribution is 0.0793. The normalized spacial score (nSPS) is 10.4. The summed E-state index contributed by atoms with van der Waals surface area (Å²) >= 11 is 3.44. The molecule has 0 aromatic heterocycles. The van der Waals surface area contributed by atoms with Crippen LogP contribution in [0.4, 0.5) is 0 Å². The summed E-state index contributed by atoms with van der Waals surface area (Å²) in [5, 5.41) is 3.07. The van der Waals surface area contributed by atoms with Crippen LogP contribution in [0.1, 0.15) is 22.3 Å². The van der Waals surface area contributed by atoms with Gasteiger partial charge in [0.25, 0.3) is 5.91 Å². The molecule has 0 bridgehead atoms. The Morgan fingerprint density at radius 2 is 2.18 bits per heavy atom. The van der Waals surface area contributed by atoms with Crippen LogP contribution >= 0.6 is 15.9 Å². The highest BCUT2D eigenvalue weighted by atomic mass is 79.9. The van der Waals surface area contributed by atoms with Gasteiger partial charge in [0.15, 0.2) is 0 Å². The van der Waals surface area contributed by atoms with E-state index in [9.17, 15) is 4.79 Å². The van der Waals surface area contributed by atoms with Crippen molar-refractivity contribution >= 4 is 21.8 Å². The lowest BCUT2D eigenvalue weighted by Gasteiger charge is -2.18. The minimum absolute atomic E-state index is 0.0629. The zero-order valence-electron chi connectivity index (χ0n) is 10.6. The predicted octanol–water partition coefficient (Wildman–Crippen LogP) is 2.44. The second-order valence-corrected chi connectivity index (χ2v) is 5.02. The third kappa shape index (κ3) is 4.13. The van der Waals surface area contributed by atoms with Gasteiger partial charge in [-0.15, -0.1) is 0 Å². The summed E-state index contributed by atoms with van der Waals surface area (Å²) in [7, 11) is 3.75. The van der Waals surface area contributed by atoms with Crippen molar-refractivity contribution in [2.45, 2.75) is 13.3 Å². The fourth-order valence-electron chi connectivity index (χ4n) is 1.59. The smallest absolute Gasteiger partial charge is 0.254 e. The largest absolute Gasteiger partial charge is 0.342 e. The van der Waals surface area contributed by atoms with E-state index in [1.165, 1.54) is 0 Å². The Morgan fingerprint density at radius 1 is 1.47 bits per heavy atom. The van der Waals surface area contributed by atoms with Gasteiger partial charge in [-0.05, 0) is 60.6 Å². The van der Waals surface area contributed by atoms with Gasteiger partial charge in [-0.1, -0.05) is 6.07 Å². The van der Waals surface area contributed by atoms with E-state index in [-0.39, 0.29) is 5.91 Å². The molecule has 0 fully saturated rings. The number of halogens is 1. The van der Waals surface area contributed by atoms with Gasteiger partial charge in [0.2, 0.25) is 0 Å². The van der Waals surface area contributed by atoms with Crippen LogP contribution in [0.15, 0.2) is 22.7 Å². The summed E-state index contributed by atoms with van der Waals surface area (Å²) in [6.07, 6.45) is 0.961. The molecule has 1 aromatic carbocycles. The van der Waals surface area contributed by atoms with Gasteiger partial charge in [0.05, 0.1) is 5.56 Å². The molecule has 3 nitrogen and oxygen atoms in total. The maximum atomic E-state index is 12.1. The fourth-order valence-corrected chi connectivity index (χ4v) is 2.26. The number of nitrogens with zero attached hydrogens (tertiary/aromatic N) is 1. The maximum Gasteiger partial charge on any atom is 0.254 e. The fraction of sp³-hybridized carbons (Fsp3) is 0.462. The first kappa shape index (κ1) is 14.2. The Morgan fingerprint density at radius 3 is 2.76 bits per heavy atom. The second kappa shape index (κ2) is 6.77. The molecule has 0 spiro atoms. The number of nitrogens with one attached hydrogen (secondary N) is 1. The SMILES string of the molecule is CNCCCN(C)C(=O)c1ccc(C)cc1Br. The molecule has 0 aliphatic carbocycles. The van der Waals surface area contributed by atoms with Crippen molar-refractivity contribution in [3.63, 3.8) is 0 Å². The first-order valence-corrected chi connectivity index (χ1v) is 6.51. The zero-order chi connectivity index (χ0) is 12.8. The molecular formula is C13H19BrN2O. The van der Waals surface area contributed by atoms with Crippen molar-refractivity contribution < 1.29 is 4.79 Å². The van der Waals surface area contributed by atoms with E-state index >= 15 is 0 Å². The first-order valence-electron chi connectivity index (χ1n) is 5.72. The van der Waals surface area contributed by atoms with Gasteiger partial charge >= 0.3 is 0 Å². The molecule has 1 aromatic rings. The van der Waals surface area contributed by atoms with Gasteiger partial charge < -0.3 is 10.2 Å². The average Bonchev–Trinajstić information content (AvgIpc) is 2.28. The molecule has 0 unspecified atom stereocenters. The van der Waals surface area contributed by atoms with Gasteiger partial charge in [0, 0.05) is 18.1 Å². The predicted molar refractivity (Wildman–Crippen MR) is 74.4 cm³/mol. The van der Waals surface area contributed by atoms with Crippen LogP contribution in [-0.2, 0) is 0 Å². The van der Waals surface area contributed by atoms with Crippen molar-refractivity contribution in [3.05, 3.63) is 33.8 Å². The van der Waals surface area contributed by atoms with Crippen LogP contribution in [0, 0.1) is 6.92 Å². The average molecular weight is 299 g/mol. The lowest BCUT2D eigenvalue weighted by Crippen LogP contribution is -2.29. The quantitative estimate of drug-likeness (QED) is 0.847. The van der Waals surface area contributed by atoms with E-state index in [4.69, 9.17) is 0 Å². The summed E-state index contributed by atoms with van der Waals surface area (Å²) in [5.41, 5.74) is 1.87. The molecule has 1 amide bonds. The Kier molecular flexibility index (Phi) is 5.65. The third-order valence-corrected chi connectivity index (χ3v) is 3.28. The monoisotopic (exact) mass is 298 g/mol. The number of benzene rings is 1. The molecule has 0 radical (unpaired) electrons. The summed E-state index contributed by atoms with van der Waals surface area (Å²) in [4.78, 5) is 13.9. The molecule has 0 atom stereocenters. The summed E-state index contributed by atoms with van der Waals surface area (Å²) in [6, 6.07) is 5.80. The molecular weight excluding hydrogens is 280 g/mol. The highest BCUT2D eigenvalue weighted by molar-refractivity contribution is 9.10. The van der Waals surface area contributed by atoms with E-state index in [1.54, 1.807) is 4.90 Å². The molecule has 1 N–H and O–H groups in total. The molecule has 0 saturated heterocycles. The molecule has 94 valence electrons. The lowest BCUT2D eigenvalue weighted by atomic mass is 10.1. The number of carbonyl (C=O) groups excluding carboxylic acids is 1. The zero-order valence-corrected chi connectivity index (χ0v) is 12.2. The molecule has 0 aliphatic rings. The van der Waals surface area contributed by atoms with Gasteiger partial charge in [-0.2, -0.15) is 0 Å². The first-order chi connectivity index (χ1) is 8.06. The van der Waals surface area contributed by atoms with Crippen LogP contribution in [0.5, 0.6) is 0 Å². The van der Waals surface area contributed by atoms with E-state index in [2.05, 4.69) is 21.2 Å². The molecule has 0 aliphatic heterocycles. The summed E-state index contributed by atoms with van der Waals surface area (Å²) in [6.45, 7) is 3.70. The molecule has 17 heavy (non-hydrogen) atoms. The van der Waals surface area contributed by atoms with Crippen LogP contribution in [0.2, 0.25) is 0 Å². The maximum absolute atomic E-state index is 12.1. The standard InChI is InChI=1S/C13H19BrN2O/c1-10-5-6-11(12(14)9-10)13(17)16(3)8-4-7-15-2/h5-6,9,15H,4,7-8H2,1-3H3. The van der Waals surface area contributed by atoms with Crippen molar-refractivity contribution in [2.24, 2.45) is 0 Å². The van der Waals surface area contributed by atoms with Crippen LogP contribution in [0.25, 0.3) is 0 Å². The number of aryl methyl sites for hydroxylation is 1. The van der Waals surface area contributed by atoms with E-state index in [0.29, 0.717) is 0 Å². The number of carbonyl (C=O) groups is 1. The van der Waals surface area contributed by atoms with Crippen molar-refractivity contribution in [3.8, 4) is 0 Å². The molecule has 1 rings (SSSR count). The number of hydrogen-bond acceptors (Lipinski definition) is 2. The van der Waals surface area contributed by atoms with Crippen LogP contribution < -0.4 is 5.32 Å². The Balaban J connectivity index is 2.68. The Bertz CT molecular complexity index is 393. The van der Waals surface area contributed by atoms with Gasteiger partial charge in [-0.3, -0.25) is 4.79 Å². The van der Waals surface area contributed by atoms with E-state index in [0.717, 1.165) is 35.1 Å². The van der Waals surface area contributed by atoms with Crippen LogP contribution in [-0.4, -0.2) is 38.0 Å². The number of rotatable bonds is 5. The molecule has 0 saturated carbocycles. The highest BCUT2D eigenvalue weighted by Gasteiger charge is 2.14. The Hall–Kier alpha value is -0.870. The molecule has 4 heteroatoms. The second-order valence-electron chi connectivity index (χ2n) is 4.17. The minimum atomic E-state index is 0.0629. The van der Waals surface area contributed by atoms with Crippen LogP contribution in [0.3, 0.4) is 0 Å². The summed E-state index contributed by atoms with van der Waals surface area (Å²) in [5.74, 6) is 0.0629. The highest BCUT2D eigenvalue weighted by Crippen LogP contribution is 2.19. The van der Waals surface area contributed by atoms with E-state index < -0.39 is 0 Å². The van der Waals surface area contributed by atoms with E-state index in [1.807, 2.05) is 39.2 Å². The Labute approximate surface area is 111 Å². The van der Waals surface area contributed by atoms with Gasteiger partial charge in [-0.25, -0.2) is 0 Å². The number of amides is 1. The number of hydrogen-bond donors (Lipinski definition) is 1. The van der Waals surface area contributed by atoms with Crippen molar-refractivity contribution in [1.29, 1.82) is 0 Å². The van der Waals surface area contributed by atoms with Gasteiger partial charge in [0.1, 0.15) is 0 Å². The topological polar surface area (TPSA) is 32.3 Å².